The van der Waals surface area contributed by atoms with Crippen LogP contribution in [0.2, 0.25) is 0 Å². The van der Waals surface area contributed by atoms with Crippen LogP contribution in [0.15, 0.2) is 59.6 Å². The number of amides is 1. The van der Waals surface area contributed by atoms with Crippen molar-refractivity contribution in [2.75, 3.05) is 0 Å². The molecule has 126 valence electrons. The van der Waals surface area contributed by atoms with E-state index in [1.807, 2.05) is 23.0 Å². The van der Waals surface area contributed by atoms with Crippen LogP contribution in [-0.2, 0) is 17.1 Å². The highest BCUT2D eigenvalue weighted by molar-refractivity contribution is 7.89. The molecule has 3 aromatic rings. The third-order valence-corrected chi connectivity index (χ3v) is 5.04. The number of para-hydroxylation sites is 1. The van der Waals surface area contributed by atoms with Crippen LogP contribution in [0.5, 0.6) is 0 Å². The third kappa shape index (κ3) is 3.10. The average Bonchev–Trinajstić information content (AvgIpc) is 2.97. The van der Waals surface area contributed by atoms with E-state index in [1.165, 1.54) is 18.2 Å². The maximum atomic E-state index is 12.4. The van der Waals surface area contributed by atoms with Crippen LogP contribution in [-0.4, -0.2) is 18.9 Å². The van der Waals surface area contributed by atoms with E-state index in [0.29, 0.717) is 10.9 Å². The van der Waals surface area contributed by atoms with Crippen molar-refractivity contribution in [2.24, 2.45) is 7.05 Å². The van der Waals surface area contributed by atoms with Gasteiger partial charge >= 0.3 is 0 Å². The maximum absolute atomic E-state index is 12.4. The second-order valence-electron chi connectivity index (χ2n) is 5.34. The Labute approximate surface area is 144 Å². The topological polar surface area (TPSA) is 104 Å². The van der Waals surface area contributed by atoms with Crippen molar-refractivity contribution in [3.8, 4) is 6.07 Å². The van der Waals surface area contributed by atoms with Crippen molar-refractivity contribution in [2.45, 2.75) is 4.90 Å². The molecule has 0 bridgehead atoms. The van der Waals surface area contributed by atoms with E-state index in [9.17, 15) is 13.2 Å². The van der Waals surface area contributed by atoms with Gasteiger partial charge in [-0.25, -0.2) is 8.42 Å². The van der Waals surface area contributed by atoms with Crippen LogP contribution in [0.25, 0.3) is 10.9 Å². The second-order valence-corrected chi connectivity index (χ2v) is 6.99. The van der Waals surface area contributed by atoms with Gasteiger partial charge in [-0.1, -0.05) is 30.3 Å². The number of nitriles is 1. The maximum Gasteiger partial charge on any atom is 0.268 e. The number of aromatic nitrogens is 1. The Morgan fingerprint density at radius 1 is 1.12 bits per heavy atom. The molecule has 0 aliphatic heterocycles. The number of carbonyl (C=O) groups is 1. The number of nitrogens with zero attached hydrogens (tertiary/aromatic N) is 2. The summed E-state index contributed by atoms with van der Waals surface area (Å²) in [5, 5.41) is 9.73. The Morgan fingerprint density at radius 3 is 2.56 bits per heavy atom. The van der Waals surface area contributed by atoms with E-state index in [4.69, 9.17) is 5.26 Å². The highest BCUT2D eigenvalue weighted by atomic mass is 32.2. The normalized spacial score (nSPS) is 11.2. The fraction of sp³-hybridized carbons (Fsp3) is 0.0588. The fourth-order valence-electron chi connectivity index (χ4n) is 2.55. The lowest BCUT2D eigenvalue weighted by Crippen LogP contribution is -2.41. The highest BCUT2D eigenvalue weighted by Gasteiger charge is 2.20. The molecule has 8 heteroatoms. The lowest BCUT2D eigenvalue weighted by atomic mass is 10.2. The van der Waals surface area contributed by atoms with E-state index in [1.54, 1.807) is 36.0 Å². The summed E-state index contributed by atoms with van der Waals surface area (Å²) in [5.74, 6) is -0.588. The monoisotopic (exact) mass is 354 g/mol. The minimum atomic E-state index is -4.06. The van der Waals surface area contributed by atoms with Gasteiger partial charge < -0.3 is 4.57 Å². The molecule has 1 amide bonds. The molecule has 1 heterocycles. The number of hydrazine groups is 1. The molecule has 0 unspecified atom stereocenters. The van der Waals surface area contributed by atoms with E-state index in [0.717, 1.165) is 5.52 Å². The van der Waals surface area contributed by atoms with Crippen LogP contribution < -0.4 is 10.3 Å². The molecule has 2 aromatic carbocycles. The molecule has 2 N–H and O–H groups in total. The average molecular weight is 354 g/mol. The van der Waals surface area contributed by atoms with E-state index in [2.05, 4.69) is 5.43 Å². The molecule has 0 saturated carbocycles. The Morgan fingerprint density at radius 2 is 1.80 bits per heavy atom. The van der Waals surface area contributed by atoms with Crippen molar-refractivity contribution in [3.63, 3.8) is 0 Å². The Bertz CT molecular complexity index is 1110. The lowest BCUT2D eigenvalue weighted by Gasteiger charge is -2.09. The molecule has 0 fully saturated rings. The molecule has 7 nitrogen and oxygen atoms in total. The first-order valence-corrected chi connectivity index (χ1v) is 8.77. The minimum Gasteiger partial charge on any atom is -0.350 e. The van der Waals surface area contributed by atoms with Gasteiger partial charge in [-0.05, 0) is 18.2 Å². The van der Waals surface area contributed by atoms with Gasteiger partial charge in [0.2, 0.25) is 0 Å². The zero-order chi connectivity index (χ0) is 18.0. The molecule has 0 saturated heterocycles. The lowest BCUT2D eigenvalue weighted by molar-refractivity contribution is 0.0946. The summed E-state index contributed by atoms with van der Waals surface area (Å²) in [6.45, 7) is 0. The van der Waals surface area contributed by atoms with E-state index < -0.39 is 15.9 Å². The second kappa shape index (κ2) is 6.39. The molecule has 3 rings (SSSR count). The molecule has 0 aliphatic rings. The summed E-state index contributed by atoms with van der Waals surface area (Å²) in [6.07, 6.45) is 1.62. The first kappa shape index (κ1) is 16.7. The quantitative estimate of drug-likeness (QED) is 0.696. The number of aryl methyl sites for hydroxylation is 1. The van der Waals surface area contributed by atoms with Crippen molar-refractivity contribution < 1.29 is 13.2 Å². The number of carbonyl (C=O) groups excluding carboxylic acids is 1. The van der Waals surface area contributed by atoms with Crippen LogP contribution >= 0.6 is 0 Å². The van der Waals surface area contributed by atoms with Crippen molar-refractivity contribution in [1.82, 2.24) is 14.8 Å². The summed E-state index contributed by atoms with van der Waals surface area (Å²) >= 11 is 0. The summed E-state index contributed by atoms with van der Waals surface area (Å²) in [6, 6.07) is 14.9. The summed E-state index contributed by atoms with van der Waals surface area (Å²) in [7, 11) is -2.27. The fourth-order valence-corrected chi connectivity index (χ4v) is 3.55. The number of fused-ring (bicyclic) bond motifs is 1. The Balaban J connectivity index is 1.86. The number of hydrogen-bond donors (Lipinski definition) is 2. The number of nitrogens with one attached hydrogen (secondary N) is 2. The smallest absolute Gasteiger partial charge is 0.268 e. The summed E-state index contributed by atoms with van der Waals surface area (Å²) in [4.78, 5) is 14.2. The Hall–Kier alpha value is -3.15. The van der Waals surface area contributed by atoms with Crippen LogP contribution in [0.1, 0.15) is 15.9 Å². The van der Waals surface area contributed by atoms with Gasteiger partial charge in [-0.2, -0.15) is 5.26 Å². The third-order valence-electron chi connectivity index (χ3n) is 3.74. The molecular formula is C17H14N4O3S. The standard InChI is InChI=1S/C17H14N4O3S/c1-21-11-14(13-7-3-4-8-15(13)21)17(22)19-20-25(23,24)16-9-5-2-6-12(16)10-18/h2-9,11,20H,1H3,(H,19,22). The zero-order valence-electron chi connectivity index (χ0n) is 13.2. The number of hydrogen-bond acceptors (Lipinski definition) is 4. The minimum absolute atomic E-state index is 0.00518. The largest absolute Gasteiger partial charge is 0.350 e. The molecule has 0 aliphatic carbocycles. The molecule has 0 radical (unpaired) electrons. The summed E-state index contributed by atoms with van der Waals surface area (Å²) < 4.78 is 26.5. The Kier molecular flexibility index (Phi) is 4.27. The van der Waals surface area contributed by atoms with E-state index in [-0.39, 0.29) is 10.5 Å². The van der Waals surface area contributed by atoms with Gasteiger partial charge in [-0.3, -0.25) is 10.2 Å². The molecule has 0 atom stereocenters. The molecular weight excluding hydrogens is 340 g/mol. The van der Waals surface area contributed by atoms with Crippen molar-refractivity contribution in [3.05, 3.63) is 65.9 Å². The van der Waals surface area contributed by atoms with Crippen LogP contribution in [0, 0.1) is 11.3 Å². The first-order valence-electron chi connectivity index (χ1n) is 7.29. The molecule has 25 heavy (non-hydrogen) atoms. The van der Waals surface area contributed by atoms with E-state index >= 15 is 0 Å². The zero-order valence-corrected chi connectivity index (χ0v) is 14.0. The number of rotatable bonds is 4. The van der Waals surface area contributed by atoms with Gasteiger partial charge in [-0.15, -0.1) is 4.83 Å². The predicted molar refractivity (Wildman–Crippen MR) is 91.9 cm³/mol. The van der Waals surface area contributed by atoms with Crippen molar-refractivity contribution >= 4 is 26.8 Å². The molecule has 0 spiro atoms. The van der Waals surface area contributed by atoms with Gasteiger partial charge in [0.15, 0.2) is 0 Å². The predicted octanol–water partition coefficient (Wildman–Crippen LogP) is 1.67. The summed E-state index contributed by atoms with van der Waals surface area (Å²) in [5.41, 5.74) is 3.38. The first-order chi connectivity index (χ1) is 11.9. The highest BCUT2D eigenvalue weighted by Crippen LogP contribution is 2.20. The SMILES string of the molecule is Cn1cc(C(=O)NNS(=O)(=O)c2ccccc2C#N)c2ccccc21. The number of benzene rings is 2. The van der Waals surface area contributed by atoms with Crippen molar-refractivity contribution in [1.29, 1.82) is 5.26 Å². The van der Waals surface area contributed by atoms with Crippen LogP contribution in [0.3, 0.4) is 0 Å². The van der Waals surface area contributed by atoms with Gasteiger partial charge in [0.25, 0.3) is 15.9 Å². The van der Waals surface area contributed by atoms with Gasteiger partial charge in [0, 0.05) is 24.1 Å². The van der Waals surface area contributed by atoms with Gasteiger partial charge in [0.05, 0.1) is 11.1 Å². The number of sulfonamides is 1. The van der Waals surface area contributed by atoms with Crippen LogP contribution in [0.4, 0.5) is 0 Å². The van der Waals surface area contributed by atoms with Gasteiger partial charge in [0.1, 0.15) is 11.0 Å². The molecule has 1 aromatic heterocycles.